The molecule has 5 nitrogen and oxygen atoms in total. The van der Waals surface area contributed by atoms with Gasteiger partial charge in [-0.1, -0.05) is 23.7 Å². The van der Waals surface area contributed by atoms with Crippen LogP contribution in [0.25, 0.3) is 10.9 Å². The molecule has 3 aromatic rings. The number of ether oxygens (including phenoxy) is 1. The van der Waals surface area contributed by atoms with Gasteiger partial charge >= 0.3 is 0 Å². The van der Waals surface area contributed by atoms with Crippen LogP contribution in [-0.2, 0) is 24.8 Å². The van der Waals surface area contributed by atoms with Crippen LogP contribution in [-0.4, -0.2) is 23.7 Å². The number of rotatable bonds is 5. The third-order valence-electron chi connectivity index (χ3n) is 5.76. The summed E-state index contributed by atoms with van der Waals surface area (Å²) in [6.45, 7) is 1.93. The van der Waals surface area contributed by atoms with Crippen LogP contribution in [0.5, 0.6) is 0 Å². The number of carbonyl (C=O) groups is 1. The van der Waals surface area contributed by atoms with Crippen molar-refractivity contribution in [3.05, 3.63) is 78.1 Å². The van der Waals surface area contributed by atoms with Crippen molar-refractivity contribution in [2.24, 2.45) is 13.0 Å². The maximum absolute atomic E-state index is 13.3. The lowest BCUT2D eigenvalue weighted by molar-refractivity contribution is 0.0665. The molecule has 0 unspecified atom stereocenters. The molecule has 1 aromatic heterocycles. The lowest BCUT2D eigenvalue weighted by Crippen LogP contribution is -2.29. The fourth-order valence-electron chi connectivity index (χ4n) is 4.09. The van der Waals surface area contributed by atoms with E-state index in [-0.39, 0.29) is 16.9 Å². The lowest BCUT2D eigenvalue weighted by atomic mass is 9.92. The fraction of sp³-hybridized carbons (Fsp3) is 0.333. The predicted molar refractivity (Wildman–Crippen MR) is 132 cm³/mol. The van der Waals surface area contributed by atoms with Crippen molar-refractivity contribution in [2.75, 3.05) is 13.2 Å². The highest BCUT2D eigenvalue weighted by atomic mass is 127. The Morgan fingerprint density at radius 2 is 1.90 bits per heavy atom. The quantitative estimate of drug-likeness (QED) is 0.469. The number of fused-ring (bicyclic) bond motifs is 1. The van der Waals surface area contributed by atoms with E-state index in [1.54, 1.807) is 18.3 Å². The SMILES string of the molecule is Cn1cc(C(=O)NCc2ccc(Cl)cc2)c(=O)c2cc(CC3CCOCC3)cc(I)c21. The van der Waals surface area contributed by atoms with Crippen LogP contribution in [0, 0.1) is 9.49 Å². The number of carbonyl (C=O) groups excluding carboxylic acids is 1. The van der Waals surface area contributed by atoms with Gasteiger partial charge in [0.05, 0.1) is 5.52 Å². The summed E-state index contributed by atoms with van der Waals surface area (Å²) in [6, 6.07) is 11.4. The molecular formula is C24H24ClIN2O3. The van der Waals surface area contributed by atoms with E-state index in [1.807, 2.05) is 29.8 Å². The molecule has 162 valence electrons. The summed E-state index contributed by atoms with van der Waals surface area (Å²) in [7, 11) is 1.87. The molecule has 0 radical (unpaired) electrons. The smallest absolute Gasteiger partial charge is 0.257 e. The molecule has 0 aliphatic carbocycles. The number of aromatic nitrogens is 1. The second kappa shape index (κ2) is 9.71. The molecule has 31 heavy (non-hydrogen) atoms. The van der Waals surface area contributed by atoms with E-state index in [9.17, 15) is 9.59 Å². The van der Waals surface area contributed by atoms with Gasteiger partial charge in [0.25, 0.3) is 5.91 Å². The van der Waals surface area contributed by atoms with Crippen LogP contribution in [0.1, 0.15) is 34.3 Å². The molecule has 1 fully saturated rings. The van der Waals surface area contributed by atoms with Gasteiger partial charge in [-0.15, -0.1) is 0 Å². The van der Waals surface area contributed by atoms with E-state index in [0.717, 1.165) is 52.7 Å². The number of halogens is 2. The normalized spacial score (nSPS) is 14.7. The highest BCUT2D eigenvalue weighted by Crippen LogP contribution is 2.25. The Bertz CT molecular complexity index is 1170. The van der Waals surface area contributed by atoms with Crippen LogP contribution in [0.2, 0.25) is 5.02 Å². The minimum atomic E-state index is -0.373. The van der Waals surface area contributed by atoms with Crippen molar-refractivity contribution in [1.29, 1.82) is 0 Å². The Kier molecular flexibility index (Phi) is 6.99. The van der Waals surface area contributed by atoms with Crippen LogP contribution >= 0.6 is 34.2 Å². The van der Waals surface area contributed by atoms with Crippen molar-refractivity contribution in [2.45, 2.75) is 25.8 Å². The fourth-order valence-corrected chi connectivity index (χ4v) is 5.29. The second-order valence-corrected chi connectivity index (χ2v) is 9.62. The van der Waals surface area contributed by atoms with Gasteiger partial charge in [0, 0.05) is 47.0 Å². The molecule has 2 heterocycles. The first kappa shape index (κ1) is 22.3. The molecule has 2 aromatic carbocycles. The summed E-state index contributed by atoms with van der Waals surface area (Å²) in [5, 5.41) is 4.09. The number of amides is 1. The number of aryl methyl sites for hydroxylation is 1. The van der Waals surface area contributed by atoms with Gasteiger partial charge in [-0.25, -0.2) is 0 Å². The van der Waals surface area contributed by atoms with Crippen LogP contribution in [0.15, 0.2) is 47.4 Å². The lowest BCUT2D eigenvalue weighted by Gasteiger charge is -2.22. The Morgan fingerprint density at radius 1 is 1.19 bits per heavy atom. The van der Waals surface area contributed by atoms with Gasteiger partial charge in [0.1, 0.15) is 5.56 Å². The topological polar surface area (TPSA) is 60.3 Å². The van der Waals surface area contributed by atoms with Crippen molar-refractivity contribution < 1.29 is 9.53 Å². The minimum absolute atomic E-state index is 0.156. The molecule has 0 atom stereocenters. The van der Waals surface area contributed by atoms with Gasteiger partial charge in [-0.05, 0) is 83.2 Å². The van der Waals surface area contributed by atoms with E-state index in [0.29, 0.717) is 22.9 Å². The second-order valence-electron chi connectivity index (χ2n) is 8.03. The Labute approximate surface area is 199 Å². The van der Waals surface area contributed by atoms with Crippen molar-refractivity contribution >= 4 is 51.0 Å². The summed E-state index contributed by atoms with van der Waals surface area (Å²) in [4.78, 5) is 26.1. The van der Waals surface area contributed by atoms with Gasteiger partial charge in [-0.3, -0.25) is 9.59 Å². The van der Waals surface area contributed by atoms with E-state index < -0.39 is 0 Å². The Hall–Kier alpha value is -1.90. The molecule has 1 aliphatic heterocycles. The highest BCUT2D eigenvalue weighted by Gasteiger charge is 2.19. The molecule has 0 saturated carbocycles. The first-order valence-corrected chi connectivity index (χ1v) is 11.8. The molecular weight excluding hydrogens is 527 g/mol. The molecule has 4 rings (SSSR count). The van der Waals surface area contributed by atoms with Crippen LogP contribution in [0.3, 0.4) is 0 Å². The Morgan fingerprint density at radius 3 is 2.61 bits per heavy atom. The molecule has 0 bridgehead atoms. The third kappa shape index (κ3) is 5.13. The van der Waals surface area contributed by atoms with E-state index >= 15 is 0 Å². The van der Waals surface area contributed by atoms with Crippen LogP contribution < -0.4 is 10.7 Å². The zero-order valence-corrected chi connectivity index (χ0v) is 20.2. The Balaban J connectivity index is 1.62. The molecule has 1 aliphatic rings. The largest absolute Gasteiger partial charge is 0.381 e. The standard InChI is InChI=1S/C24H24ClIN2O3/c1-28-14-20(24(30)27-13-16-2-4-18(25)5-3-16)23(29)19-11-17(12-21(26)22(19)28)10-15-6-8-31-9-7-15/h2-5,11-12,14-15H,6-10,13H2,1H3,(H,27,30). The number of hydrogen-bond donors (Lipinski definition) is 1. The van der Waals surface area contributed by atoms with E-state index in [2.05, 4.69) is 34.0 Å². The number of benzene rings is 2. The summed E-state index contributed by atoms with van der Waals surface area (Å²) in [6.07, 6.45) is 4.63. The number of nitrogens with zero attached hydrogens (tertiary/aromatic N) is 1. The molecule has 7 heteroatoms. The van der Waals surface area contributed by atoms with Crippen molar-refractivity contribution in [3.8, 4) is 0 Å². The maximum Gasteiger partial charge on any atom is 0.257 e. The van der Waals surface area contributed by atoms with E-state index in [1.165, 1.54) is 0 Å². The zero-order chi connectivity index (χ0) is 22.0. The van der Waals surface area contributed by atoms with Crippen molar-refractivity contribution in [1.82, 2.24) is 9.88 Å². The predicted octanol–water partition coefficient (Wildman–Crippen LogP) is 4.70. The third-order valence-corrected chi connectivity index (χ3v) is 6.84. The number of nitrogens with one attached hydrogen (secondary N) is 1. The van der Waals surface area contributed by atoms with Gasteiger partial charge in [-0.2, -0.15) is 0 Å². The summed E-state index contributed by atoms with van der Waals surface area (Å²) in [5.74, 6) is 0.194. The molecule has 1 N–H and O–H groups in total. The van der Waals surface area contributed by atoms with Gasteiger partial charge in [0.2, 0.25) is 5.43 Å². The molecule has 0 spiro atoms. The summed E-state index contributed by atoms with van der Waals surface area (Å²) < 4.78 is 8.35. The average Bonchev–Trinajstić information content (AvgIpc) is 2.76. The first-order valence-electron chi connectivity index (χ1n) is 10.3. The van der Waals surface area contributed by atoms with Crippen molar-refractivity contribution in [3.63, 3.8) is 0 Å². The minimum Gasteiger partial charge on any atom is -0.381 e. The number of pyridine rings is 1. The number of hydrogen-bond acceptors (Lipinski definition) is 3. The monoisotopic (exact) mass is 550 g/mol. The highest BCUT2D eigenvalue weighted by molar-refractivity contribution is 14.1. The molecule has 1 saturated heterocycles. The first-order chi connectivity index (χ1) is 14.9. The van der Waals surface area contributed by atoms with Crippen LogP contribution in [0.4, 0.5) is 0 Å². The van der Waals surface area contributed by atoms with Gasteiger partial charge in [0.15, 0.2) is 0 Å². The van der Waals surface area contributed by atoms with E-state index in [4.69, 9.17) is 16.3 Å². The van der Waals surface area contributed by atoms with Gasteiger partial charge < -0.3 is 14.6 Å². The maximum atomic E-state index is 13.3. The summed E-state index contributed by atoms with van der Waals surface area (Å²) in [5.41, 5.74) is 2.84. The zero-order valence-electron chi connectivity index (χ0n) is 17.3. The molecule has 1 amide bonds. The average molecular weight is 551 g/mol. The summed E-state index contributed by atoms with van der Waals surface area (Å²) >= 11 is 8.19.